The van der Waals surface area contributed by atoms with Gasteiger partial charge in [-0.25, -0.2) is 70.3 Å². The van der Waals surface area contributed by atoms with Crippen LogP contribution in [0.4, 0.5) is 48.3 Å². The number of amides is 3. The van der Waals surface area contributed by atoms with Crippen molar-refractivity contribution in [2.45, 2.75) is 178 Å². The lowest BCUT2D eigenvalue weighted by molar-refractivity contribution is -0.186. The van der Waals surface area contributed by atoms with Crippen LogP contribution in [0, 0.1) is 17.8 Å². The van der Waals surface area contributed by atoms with Gasteiger partial charge >= 0.3 is 6.18 Å². The number of aromatic nitrogens is 6. The fourth-order valence-electron chi connectivity index (χ4n) is 13.2. The Hall–Kier alpha value is -8.09. The summed E-state index contributed by atoms with van der Waals surface area (Å²) in [6, 6.07) is 12.4. The van der Waals surface area contributed by atoms with Crippen molar-refractivity contribution >= 4 is 47.2 Å². The second-order valence-electron chi connectivity index (χ2n) is 29.2. The van der Waals surface area contributed by atoms with E-state index in [4.69, 9.17) is 23.3 Å². The van der Waals surface area contributed by atoms with Gasteiger partial charge in [0.05, 0.1) is 47.6 Å². The molecule has 6 aromatic rings. The molecule has 0 radical (unpaired) electrons. The van der Waals surface area contributed by atoms with Gasteiger partial charge < -0.3 is 38.0 Å². The number of piperidine rings is 3. The zero-order valence-electron chi connectivity index (χ0n) is 57.9. The van der Waals surface area contributed by atoms with Gasteiger partial charge in [0.25, 0.3) is 35.5 Å². The van der Waals surface area contributed by atoms with E-state index in [0.29, 0.717) is 58.0 Å². The van der Waals surface area contributed by atoms with Crippen LogP contribution < -0.4 is 14.2 Å². The molecule has 6 heterocycles. The van der Waals surface area contributed by atoms with Crippen LogP contribution in [0.15, 0.2) is 96.8 Å². The first kappa shape index (κ1) is 77.0. The number of ether oxygens (including phenoxy) is 3. The Morgan fingerprint density at radius 1 is 0.500 bits per heavy atom. The summed E-state index contributed by atoms with van der Waals surface area (Å²) in [5.41, 5.74) is -4.48. The Balaban J connectivity index is 0.000000157. The van der Waals surface area contributed by atoms with Crippen LogP contribution in [0.25, 0.3) is 0 Å². The number of carbonyl (C=O) groups is 3. The number of alkyl halides is 11. The van der Waals surface area contributed by atoms with E-state index in [9.17, 15) is 87.9 Å². The highest BCUT2D eigenvalue weighted by Gasteiger charge is 2.67. The van der Waals surface area contributed by atoms with Gasteiger partial charge in [-0.2, -0.15) is 23.1 Å². The molecule has 13 rings (SSSR count). The van der Waals surface area contributed by atoms with E-state index < -0.39 is 123 Å². The molecule has 37 heteroatoms. The third-order valence-electron chi connectivity index (χ3n) is 20.6. The Kier molecular flexibility index (Phi) is 19.4. The molecule has 3 aliphatic heterocycles. The number of fused-ring (bicyclic) bond motifs is 3. The van der Waals surface area contributed by atoms with Crippen molar-refractivity contribution in [3.8, 4) is 17.2 Å². The monoisotopic (exact) mass is 1530 g/mol. The normalized spacial score (nSPS) is 24.4. The first-order valence-corrected chi connectivity index (χ1v) is 38.4. The van der Waals surface area contributed by atoms with Crippen molar-refractivity contribution < 1.29 is 111 Å². The third kappa shape index (κ3) is 15.3. The molecule has 3 aromatic heterocycles. The Morgan fingerprint density at radius 2 is 0.827 bits per heavy atom. The van der Waals surface area contributed by atoms with Crippen molar-refractivity contribution in [1.82, 2.24) is 44.9 Å². The smallest absolute Gasteiger partial charge is 0.402 e. The average molecular weight is 1530 g/mol. The summed E-state index contributed by atoms with van der Waals surface area (Å²) in [5, 5.41) is 7.78. The predicted molar refractivity (Wildman–Crippen MR) is 344 cm³/mol. The quantitative estimate of drug-likeness (QED) is 0.0642. The molecule has 3 amide bonds. The SMILES string of the molecule is CC(Oc1ccc(S(C)(=O)=O)cc1C(=O)N1CC2CC2(c2ncccn2)C1)C(C)(F)F.CC(Oc1ccc(S(C)(=O)=O)cc1C(=O)N1CC2CC2(c2noc(C(C)(C)C(F)(F)F)n2)C1)C(C)(F)F.CC(Oc1ccc(S(C)(=O)=O)cc1C(=O)N1CC2CC2(c2noc(C3CC(F)(F)C3)n2)C1)C(C)(F)F. The first-order valence-electron chi connectivity index (χ1n) is 32.7. The van der Waals surface area contributed by atoms with Crippen LogP contribution in [-0.4, -0.2) is 194 Å². The Morgan fingerprint density at radius 3 is 1.14 bits per heavy atom. The van der Waals surface area contributed by atoms with Crippen LogP contribution in [-0.2, 0) is 51.2 Å². The lowest BCUT2D eigenvalue weighted by atomic mass is 9.81. The van der Waals surface area contributed by atoms with Crippen molar-refractivity contribution in [2.75, 3.05) is 58.0 Å². The minimum Gasteiger partial charge on any atom is -0.484 e. The van der Waals surface area contributed by atoms with Crippen molar-refractivity contribution in [3.05, 3.63) is 119 Å². The van der Waals surface area contributed by atoms with Gasteiger partial charge in [-0.3, -0.25) is 14.4 Å². The fraction of sp³-hybridized carbons (Fsp3) is 0.567. The summed E-state index contributed by atoms with van der Waals surface area (Å²) in [6.07, 6.45) is -1.66. The standard InChI is InChI=1S/C23H26F5N3O5S.C23H25F4N3O5S.C21H23F2N3O4S/c1-12(21(4,24)25)35-16-7-6-14(37(5,33)34)8-15(16)17(32)31-10-13-9-22(13,11-31)18-29-19(36-30-18)20(2,3)23(26,27)28;1-12(21(2,24)25)34-17-5-4-15(36(3,32)33)6-16(17)19(31)30-10-14-9-22(14,11-30)20-28-18(35-29-20)13-7-23(26,27)8-13;1-13(20(2,22)23)30-17-6-5-15(31(3,28)29)9-16(17)18(27)26-11-14-10-21(14,12-26)19-24-7-4-8-25-19/h6-8,12-13H,9-11H2,1-5H3;4-6,12-14H,7-11H2,1-3H3;4-9,13-14H,10-12H2,1-3H3. The van der Waals surface area contributed by atoms with Crippen LogP contribution >= 0.6 is 0 Å². The highest BCUT2D eigenvalue weighted by Crippen LogP contribution is 2.61. The Labute approximate surface area is 590 Å². The first-order chi connectivity index (χ1) is 47.8. The topological polar surface area (TPSA) is 295 Å². The number of benzene rings is 3. The number of carbonyl (C=O) groups excluding carboxylic acids is 3. The van der Waals surface area contributed by atoms with Gasteiger partial charge in [0.15, 0.2) is 59.5 Å². The summed E-state index contributed by atoms with van der Waals surface area (Å²) in [6.45, 7) is 8.95. The summed E-state index contributed by atoms with van der Waals surface area (Å²) in [5.74, 6) is -14.2. The average Bonchev–Trinajstić information content (AvgIpc) is 1.55. The molecular weight excluding hydrogens is 1460 g/mol. The molecule has 104 heavy (non-hydrogen) atoms. The van der Waals surface area contributed by atoms with Crippen molar-refractivity contribution in [3.63, 3.8) is 0 Å². The number of halogens is 11. The summed E-state index contributed by atoms with van der Waals surface area (Å²) >= 11 is 0. The number of rotatable bonds is 20. The van der Waals surface area contributed by atoms with E-state index in [1.165, 1.54) is 47.1 Å². The molecule has 566 valence electrons. The maximum absolute atomic E-state index is 13.7. The van der Waals surface area contributed by atoms with Gasteiger partial charge in [-0.1, -0.05) is 10.3 Å². The molecule has 23 nitrogen and oxygen atoms in total. The molecule has 9 atom stereocenters. The maximum Gasteiger partial charge on any atom is 0.402 e. The Bertz CT molecular complexity index is 4700. The summed E-state index contributed by atoms with van der Waals surface area (Å²) in [4.78, 5) is 61.3. The van der Waals surface area contributed by atoms with Crippen LogP contribution in [0.3, 0.4) is 0 Å². The largest absolute Gasteiger partial charge is 0.484 e. The molecule has 0 bridgehead atoms. The number of likely N-dealkylation sites (tertiary alicyclic amines) is 3. The number of hydrogen-bond acceptors (Lipinski definition) is 20. The van der Waals surface area contributed by atoms with Gasteiger partial charge in [0, 0.05) is 110 Å². The van der Waals surface area contributed by atoms with E-state index >= 15 is 0 Å². The molecule has 3 saturated heterocycles. The van der Waals surface area contributed by atoms with E-state index in [0.717, 1.165) is 84.1 Å². The van der Waals surface area contributed by atoms with Crippen LogP contribution in [0.2, 0.25) is 0 Å². The summed E-state index contributed by atoms with van der Waals surface area (Å²) < 4.78 is 248. The van der Waals surface area contributed by atoms with E-state index in [1.54, 1.807) is 23.4 Å². The summed E-state index contributed by atoms with van der Waals surface area (Å²) in [7, 11) is -11.0. The third-order valence-corrected chi connectivity index (χ3v) is 24.0. The lowest BCUT2D eigenvalue weighted by Gasteiger charge is -2.32. The number of hydrogen-bond donors (Lipinski definition) is 0. The van der Waals surface area contributed by atoms with E-state index in [-0.39, 0.29) is 116 Å². The maximum atomic E-state index is 13.7. The fourth-order valence-corrected chi connectivity index (χ4v) is 15.1. The molecule has 9 unspecified atom stereocenters. The van der Waals surface area contributed by atoms with Gasteiger partial charge in [-0.15, -0.1) is 0 Å². The molecule has 0 spiro atoms. The van der Waals surface area contributed by atoms with Gasteiger partial charge in [-0.05, 0) is 132 Å². The molecule has 4 saturated carbocycles. The minimum atomic E-state index is -4.62. The van der Waals surface area contributed by atoms with Crippen LogP contribution in [0.1, 0.15) is 154 Å². The van der Waals surface area contributed by atoms with E-state index in [2.05, 4.69) is 30.2 Å². The van der Waals surface area contributed by atoms with Crippen molar-refractivity contribution in [1.29, 1.82) is 0 Å². The molecule has 0 N–H and O–H groups in total. The lowest BCUT2D eigenvalue weighted by Crippen LogP contribution is -2.37. The van der Waals surface area contributed by atoms with Gasteiger partial charge in [0.2, 0.25) is 17.7 Å². The molecule has 7 fully saturated rings. The van der Waals surface area contributed by atoms with E-state index in [1.807, 2.05) is 0 Å². The van der Waals surface area contributed by atoms with Gasteiger partial charge in [0.1, 0.15) is 28.5 Å². The highest BCUT2D eigenvalue weighted by molar-refractivity contribution is 7.91. The number of sulfone groups is 3. The molecular formula is C67H74F11N9O14S3. The zero-order valence-corrected chi connectivity index (χ0v) is 60.3. The molecule has 3 aromatic carbocycles. The second kappa shape index (κ2) is 26.1. The van der Waals surface area contributed by atoms with Crippen LogP contribution in [0.5, 0.6) is 17.2 Å². The zero-order chi connectivity index (χ0) is 76.6. The minimum absolute atomic E-state index is 0.0103. The second-order valence-corrected chi connectivity index (χ2v) is 35.3. The predicted octanol–water partition coefficient (Wildman–Crippen LogP) is 10.7. The van der Waals surface area contributed by atoms with Crippen molar-refractivity contribution in [2.24, 2.45) is 17.8 Å². The molecule has 4 aliphatic carbocycles. The molecule has 7 aliphatic rings. The highest BCUT2D eigenvalue weighted by atomic mass is 32.2. The number of nitrogens with zero attached hydrogens (tertiary/aromatic N) is 9.